The Hall–Kier alpha value is -4.05. The fourth-order valence-corrected chi connectivity index (χ4v) is 5.42. The van der Waals surface area contributed by atoms with Crippen LogP contribution >= 0.6 is 0 Å². The van der Waals surface area contributed by atoms with Crippen molar-refractivity contribution in [2.45, 2.75) is 31.3 Å². The summed E-state index contributed by atoms with van der Waals surface area (Å²) in [6.07, 6.45) is 0. The van der Waals surface area contributed by atoms with Crippen LogP contribution in [0.1, 0.15) is 18.1 Å². The van der Waals surface area contributed by atoms with Gasteiger partial charge in [0.1, 0.15) is 12.6 Å². The van der Waals surface area contributed by atoms with Gasteiger partial charge in [0.2, 0.25) is 11.8 Å². The Balaban J connectivity index is 2.05. The zero-order valence-electron chi connectivity index (χ0n) is 22.2. The molecule has 202 valence electrons. The van der Waals surface area contributed by atoms with Gasteiger partial charge in [-0.25, -0.2) is 8.42 Å². The predicted molar refractivity (Wildman–Crippen MR) is 146 cm³/mol. The molecule has 3 aromatic carbocycles. The van der Waals surface area contributed by atoms with Crippen LogP contribution in [0.25, 0.3) is 0 Å². The minimum Gasteiger partial charge on any atom is -0.493 e. The van der Waals surface area contributed by atoms with E-state index in [9.17, 15) is 18.0 Å². The lowest BCUT2D eigenvalue weighted by Gasteiger charge is -2.32. The van der Waals surface area contributed by atoms with Crippen molar-refractivity contribution in [3.8, 4) is 11.5 Å². The number of para-hydroxylation sites is 1. The first-order chi connectivity index (χ1) is 18.1. The molecule has 3 rings (SSSR count). The molecule has 10 heteroatoms. The molecule has 0 aromatic heterocycles. The summed E-state index contributed by atoms with van der Waals surface area (Å²) in [6, 6.07) is 19.3. The van der Waals surface area contributed by atoms with Crippen LogP contribution in [-0.4, -0.2) is 59.0 Å². The number of benzene rings is 3. The summed E-state index contributed by atoms with van der Waals surface area (Å²) in [5, 5.41) is 2.57. The zero-order valence-corrected chi connectivity index (χ0v) is 23.0. The van der Waals surface area contributed by atoms with Crippen molar-refractivity contribution in [2.24, 2.45) is 0 Å². The molecule has 1 atom stereocenters. The molecule has 0 fully saturated rings. The molecule has 3 aromatic rings. The van der Waals surface area contributed by atoms with Crippen LogP contribution in [0.4, 0.5) is 5.69 Å². The van der Waals surface area contributed by atoms with Gasteiger partial charge in [0.15, 0.2) is 11.5 Å². The number of rotatable bonds is 11. The highest BCUT2D eigenvalue weighted by Gasteiger charge is 2.33. The molecule has 9 nitrogen and oxygen atoms in total. The standard InChI is InChI=1S/C28H33N3O6S/c1-20-11-9-10-12-22(20)18-30(21(2)28(33)29-3)27(32)19-31(23-13-7-6-8-14-23)38(34,35)24-15-16-25(36-4)26(17-24)37-5/h6-17,21H,18-19H2,1-5H3,(H,29,33)/t21-/m1/s1. The molecule has 0 aliphatic rings. The lowest BCUT2D eigenvalue weighted by molar-refractivity contribution is -0.139. The van der Waals surface area contributed by atoms with E-state index in [1.165, 1.54) is 44.4 Å². The second kappa shape index (κ2) is 12.5. The van der Waals surface area contributed by atoms with E-state index in [0.717, 1.165) is 15.4 Å². The Kier molecular flexibility index (Phi) is 9.35. The monoisotopic (exact) mass is 539 g/mol. The van der Waals surface area contributed by atoms with Crippen LogP contribution in [0.5, 0.6) is 11.5 Å². The largest absolute Gasteiger partial charge is 0.493 e. The Morgan fingerprint density at radius 1 is 0.921 bits per heavy atom. The first kappa shape index (κ1) is 28.5. The number of likely N-dealkylation sites (N-methyl/N-ethyl adjacent to an activating group) is 1. The van der Waals surface area contributed by atoms with Gasteiger partial charge in [0.05, 0.1) is 24.8 Å². The number of hydrogen-bond donors (Lipinski definition) is 1. The third-order valence-electron chi connectivity index (χ3n) is 6.28. The Morgan fingerprint density at radius 3 is 2.16 bits per heavy atom. The quantitative estimate of drug-likeness (QED) is 0.401. The Bertz CT molecular complexity index is 1380. The van der Waals surface area contributed by atoms with Gasteiger partial charge in [0, 0.05) is 19.7 Å². The van der Waals surface area contributed by atoms with Crippen molar-refractivity contribution < 1.29 is 27.5 Å². The highest BCUT2D eigenvalue weighted by atomic mass is 32.2. The van der Waals surface area contributed by atoms with Gasteiger partial charge in [-0.3, -0.25) is 13.9 Å². The van der Waals surface area contributed by atoms with Crippen LogP contribution in [0.15, 0.2) is 77.7 Å². The lowest BCUT2D eigenvalue weighted by Crippen LogP contribution is -2.50. The number of anilines is 1. The molecule has 0 radical (unpaired) electrons. The van der Waals surface area contributed by atoms with E-state index < -0.39 is 28.5 Å². The Morgan fingerprint density at radius 2 is 1.55 bits per heavy atom. The smallest absolute Gasteiger partial charge is 0.264 e. The van der Waals surface area contributed by atoms with Crippen LogP contribution in [0.2, 0.25) is 0 Å². The van der Waals surface area contributed by atoms with E-state index in [2.05, 4.69) is 5.32 Å². The maximum absolute atomic E-state index is 13.9. The summed E-state index contributed by atoms with van der Waals surface area (Å²) in [6.45, 7) is 3.15. The first-order valence-electron chi connectivity index (χ1n) is 12.0. The molecule has 0 spiro atoms. The number of ether oxygens (including phenoxy) is 2. The van der Waals surface area contributed by atoms with Gasteiger partial charge < -0.3 is 19.7 Å². The average Bonchev–Trinajstić information content (AvgIpc) is 2.94. The summed E-state index contributed by atoms with van der Waals surface area (Å²) < 4.78 is 39.4. The number of nitrogens with one attached hydrogen (secondary N) is 1. The van der Waals surface area contributed by atoms with Crippen LogP contribution < -0.4 is 19.1 Å². The fraction of sp³-hybridized carbons (Fsp3) is 0.286. The molecule has 2 amide bonds. The number of methoxy groups -OCH3 is 2. The Labute approximate surface area is 224 Å². The normalized spacial score (nSPS) is 11.8. The summed E-state index contributed by atoms with van der Waals surface area (Å²) in [5.74, 6) is -0.280. The molecule has 0 heterocycles. The minimum atomic E-state index is -4.22. The van der Waals surface area contributed by atoms with E-state index in [0.29, 0.717) is 11.4 Å². The van der Waals surface area contributed by atoms with Gasteiger partial charge in [-0.2, -0.15) is 0 Å². The number of sulfonamides is 1. The summed E-state index contributed by atoms with van der Waals surface area (Å²) in [5.41, 5.74) is 2.11. The van der Waals surface area contributed by atoms with Gasteiger partial charge >= 0.3 is 0 Å². The van der Waals surface area contributed by atoms with Crippen molar-refractivity contribution >= 4 is 27.5 Å². The highest BCUT2D eigenvalue weighted by molar-refractivity contribution is 7.92. The molecular weight excluding hydrogens is 506 g/mol. The van der Waals surface area contributed by atoms with E-state index in [-0.39, 0.29) is 23.1 Å². The molecular formula is C28H33N3O6S. The third kappa shape index (κ3) is 6.25. The number of carbonyl (C=O) groups excluding carboxylic acids is 2. The van der Waals surface area contributed by atoms with Crippen LogP contribution in [0.3, 0.4) is 0 Å². The summed E-state index contributed by atoms with van der Waals surface area (Å²) in [4.78, 5) is 27.7. The second-order valence-electron chi connectivity index (χ2n) is 8.60. The molecule has 38 heavy (non-hydrogen) atoms. The number of hydrogen-bond acceptors (Lipinski definition) is 6. The number of carbonyl (C=O) groups is 2. The second-order valence-corrected chi connectivity index (χ2v) is 10.5. The summed E-state index contributed by atoms with van der Waals surface area (Å²) in [7, 11) is 0.139. The molecule has 0 saturated heterocycles. The van der Waals surface area contributed by atoms with E-state index in [4.69, 9.17) is 9.47 Å². The van der Waals surface area contributed by atoms with E-state index in [1.807, 2.05) is 31.2 Å². The zero-order chi connectivity index (χ0) is 27.9. The molecule has 0 aliphatic heterocycles. The molecule has 0 aliphatic carbocycles. The van der Waals surface area contributed by atoms with Crippen molar-refractivity contribution in [3.63, 3.8) is 0 Å². The molecule has 1 N–H and O–H groups in total. The van der Waals surface area contributed by atoms with Crippen LogP contribution in [-0.2, 0) is 26.2 Å². The number of amides is 2. The third-order valence-corrected chi connectivity index (χ3v) is 8.05. The van der Waals surface area contributed by atoms with Crippen molar-refractivity contribution in [1.82, 2.24) is 10.2 Å². The average molecular weight is 540 g/mol. The lowest BCUT2D eigenvalue weighted by atomic mass is 10.1. The maximum Gasteiger partial charge on any atom is 0.264 e. The van der Waals surface area contributed by atoms with Crippen molar-refractivity contribution in [1.29, 1.82) is 0 Å². The summed E-state index contributed by atoms with van der Waals surface area (Å²) >= 11 is 0. The SMILES string of the molecule is CNC(=O)[C@@H](C)N(Cc1ccccc1C)C(=O)CN(c1ccccc1)S(=O)(=O)c1ccc(OC)c(OC)c1. The van der Waals surface area contributed by atoms with Gasteiger partial charge in [-0.05, 0) is 49.2 Å². The maximum atomic E-state index is 13.9. The minimum absolute atomic E-state index is 0.0726. The van der Waals surface area contributed by atoms with Gasteiger partial charge in [0.25, 0.3) is 10.0 Å². The molecule has 0 unspecified atom stereocenters. The topological polar surface area (TPSA) is 105 Å². The first-order valence-corrected chi connectivity index (χ1v) is 13.4. The fourth-order valence-electron chi connectivity index (χ4n) is 3.99. The van der Waals surface area contributed by atoms with E-state index in [1.54, 1.807) is 37.3 Å². The molecule has 0 bridgehead atoms. The van der Waals surface area contributed by atoms with Crippen LogP contribution in [0, 0.1) is 6.92 Å². The predicted octanol–water partition coefficient (Wildman–Crippen LogP) is 3.37. The van der Waals surface area contributed by atoms with Crippen molar-refractivity contribution in [2.75, 3.05) is 32.1 Å². The van der Waals surface area contributed by atoms with E-state index >= 15 is 0 Å². The highest BCUT2D eigenvalue weighted by Crippen LogP contribution is 2.32. The van der Waals surface area contributed by atoms with Gasteiger partial charge in [-0.15, -0.1) is 0 Å². The number of nitrogens with zero attached hydrogens (tertiary/aromatic N) is 2. The van der Waals surface area contributed by atoms with Crippen molar-refractivity contribution in [3.05, 3.63) is 83.9 Å². The number of aryl methyl sites for hydroxylation is 1. The molecule has 0 saturated carbocycles. The van der Waals surface area contributed by atoms with Gasteiger partial charge in [-0.1, -0.05) is 42.5 Å².